The molecule has 1 heterocycles. The Hall–Kier alpha value is -0.860. The Morgan fingerprint density at radius 1 is 1.05 bits per heavy atom. The molecule has 2 fully saturated rings. The molecule has 1 aromatic rings. The van der Waals surface area contributed by atoms with Crippen LogP contribution >= 0.6 is 0 Å². The van der Waals surface area contributed by atoms with Crippen LogP contribution in [0.2, 0.25) is 0 Å². The van der Waals surface area contributed by atoms with Crippen molar-refractivity contribution in [3.05, 3.63) is 35.9 Å². The van der Waals surface area contributed by atoms with Gasteiger partial charge in [0.15, 0.2) is 0 Å². The highest BCUT2D eigenvalue weighted by atomic mass is 15.2. The zero-order chi connectivity index (χ0) is 13.9. The van der Waals surface area contributed by atoms with Crippen LogP contribution in [0.15, 0.2) is 30.3 Å². The number of likely N-dealkylation sites (tertiary alicyclic amines) is 1. The summed E-state index contributed by atoms with van der Waals surface area (Å²) in [6.07, 6.45) is 8.46. The summed E-state index contributed by atoms with van der Waals surface area (Å²) >= 11 is 0. The summed E-state index contributed by atoms with van der Waals surface area (Å²) in [6.45, 7) is 3.57. The molecule has 2 nitrogen and oxygen atoms in total. The zero-order valence-corrected chi connectivity index (χ0v) is 12.7. The molecule has 2 aliphatic rings. The zero-order valence-electron chi connectivity index (χ0n) is 12.7. The van der Waals surface area contributed by atoms with Crippen molar-refractivity contribution in [3.63, 3.8) is 0 Å². The van der Waals surface area contributed by atoms with Gasteiger partial charge in [0.25, 0.3) is 0 Å². The van der Waals surface area contributed by atoms with E-state index in [1.54, 1.807) is 0 Å². The van der Waals surface area contributed by atoms with Crippen LogP contribution in [0.3, 0.4) is 0 Å². The van der Waals surface area contributed by atoms with E-state index in [9.17, 15) is 0 Å². The highest BCUT2D eigenvalue weighted by Crippen LogP contribution is 2.37. The van der Waals surface area contributed by atoms with Crippen molar-refractivity contribution in [2.75, 3.05) is 6.54 Å². The minimum atomic E-state index is 0.136. The van der Waals surface area contributed by atoms with Crippen LogP contribution in [0.4, 0.5) is 0 Å². The standard InChI is InChI=1S/C18H28N2/c1-14(18(19)16-9-3-2-4-10-16)20-13-7-11-15-8-5-6-12-17(15)20/h2-4,9-10,14-15,17-18H,5-8,11-13,19H2,1H3. The van der Waals surface area contributed by atoms with Crippen LogP contribution in [-0.4, -0.2) is 23.5 Å². The van der Waals surface area contributed by atoms with Gasteiger partial charge in [0, 0.05) is 18.1 Å². The van der Waals surface area contributed by atoms with Gasteiger partial charge in [0.05, 0.1) is 0 Å². The second kappa shape index (κ2) is 6.28. The van der Waals surface area contributed by atoms with Gasteiger partial charge in [0.1, 0.15) is 0 Å². The maximum atomic E-state index is 6.55. The fourth-order valence-corrected chi connectivity index (χ4v) is 4.33. The van der Waals surface area contributed by atoms with E-state index in [-0.39, 0.29) is 6.04 Å². The van der Waals surface area contributed by atoms with Crippen LogP contribution in [0.25, 0.3) is 0 Å². The molecule has 1 saturated heterocycles. The van der Waals surface area contributed by atoms with E-state index in [0.29, 0.717) is 6.04 Å². The Balaban J connectivity index is 1.73. The summed E-state index contributed by atoms with van der Waals surface area (Å²) in [7, 11) is 0. The van der Waals surface area contributed by atoms with Gasteiger partial charge in [-0.25, -0.2) is 0 Å². The first-order valence-electron chi connectivity index (χ1n) is 8.33. The van der Waals surface area contributed by atoms with Gasteiger partial charge in [-0.3, -0.25) is 4.90 Å². The van der Waals surface area contributed by atoms with Gasteiger partial charge in [-0.05, 0) is 50.6 Å². The Morgan fingerprint density at radius 2 is 1.75 bits per heavy atom. The first-order chi connectivity index (χ1) is 9.77. The van der Waals surface area contributed by atoms with E-state index in [2.05, 4.69) is 42.2 Å². The lowest BCUT2D eigenvalue weighted by molar-refractivity contribution is 0.0229. The second-order valence-electron chi connectivity index (χ2n) is 6.67. The molecule has 2 heteroatoms. The van der Waals surface area contributed by atoms with Crippen LogP contribution < -0.4 is 5.73 Å². The Labute approximate surface area is 123 Å². The number of hydrogen-bond acceptors (Lipinski definition) is 2. The Kier molecular flexibility index (Phi) is 4.42. The molecule has 1 aliphatic heterocycles. The molecule has 0 amide bonds. The summed E-state index contributed by atoms with van der Waals surface area (Å²) in [4.78, 5) is 2.73. The quantitative estimate of drug-likeness (QED) is 0.908. The second-order valence-corrected chi connectivity index (χ2v) is 6.67. The molecule has 1 aliphatic carbocycles. The van der Waals surface area contributed by atoms with Crippen molar-refractivity contribution >= 4 is 0 Å². The van der Waals surface area contributed by atoms with Crippen LogP contribution in [-0.2, 0) is 0 Å². The van der Waals surface area contributed by atoms with Crippen molar-refractivity contribution in [3.8, 4) is 0 Å². The lowest BCUT2D eigenvalue weighted by atomic mass is 9.77. The van der Waals surface area contributed by atoms with Crippen molar-refractivity contribution in [1.82, 2.24) is 4.90 Å². The molecule has 1 aromatic carbocycles. The van der Waals surface area contributed by atoms with Crippen molar-refractivity contribution in [1.29, 1.82) is 0 Å². The predicted molar refractivity (Wildman–Crippen MR) is 84.5 cm³/mol. The lowest BCUT2D eigenvalue weighted by Gasteiger charge is -2.48. The molecule has 3 rings (SSSR count). The van der Waals surface area contributed by atoms with Gasteiger partial charge >= 0.3 is 0 Å². The summed E-state index contributed by atoms with van der Waals surface area (Å²) in [5, 5.41) is 0. The van der Waals surface area contributed by atoms with Gasteiger partial charge in [0.2, 0.25) is 0 Å². The monoisotopic (exact) mass is 272 g/mol. The van der Waals surface area contributed by atoms with Gasteiger partial charge in [-0.2, -0.15) is 0 Å². The van der Waals surface area contributed by atoms with Crippen molar-refractivity contribution < 1.29 is 0 Å². The van der Waals surface area contributed by atoms with Gasteiger partial charge < -0.3 is 5.73 Å². The third-order valence-electron chi connectivity index (χ3n) is 5.51. The summed E-state index contributed by atoms with van der Waals surface area (Å²) in [5.74, 6) is 0.933. The van der Waals surface area contributed by atoms with Crippen LogP contribution in [0, 0.1) is 5.92 Å². The molecular formula is C18H28N2. The fourth-order valence-electron chi connectivity index (χ4n) is 4.33. The molecule has 4 atom stereocenters. The van der Waals surface area contributed by atoms with E-state index < -0.39 is 0 Å². The van der Waals surface area contributed by atoms with Crippen molar-refractivity contribution in [2.24, 2.45) is 11.7 Å². The minimum Gasteiger partial charge on any atom is -0.323 e. The first kappa shape index (κ1) is 14.1. The number of piperidine rings is 1. The molecule has 0 aromatic heterocycles. The van der Waals surface area contributed by atoms with Crippen molar-refractivity contribution in [2.45, 2.75) is 63.6 Å². The highest BCUT2D eigenvalue weighted by molar-refractivity contribution is 5.20. The van der Waals surface area contributed by atoms with E-state index in [0.717, 1.165) is 12.0 Å². The number of nitrogens with two attached hydrogens (primary N) is 1. The molecule has 0 bridgehead atoms. The molecule has 2 N–H and O–H groups in total. The predicted octanol–water partition coefficient (Wildman–Crippen LogP) is 3.73. The fraction of sp³-hybridized carbons (Fsp3) is 0.667. The number of fused-ring (bicyclic) bond motifs is 1. The van der Waals surface area contributed by atoms with Crippen LogP contribution in [0.1, 0.15) is 57.1 Å². The van der Waals surface area contributed by atoms with E-state index in [1.807, 2.05) is 0 Å². The molecule has 4 unspecified atom stereocenters. The number of nitrogens with zero attached hydrogens (tertiary/aromatic N) is 1. The smallest absolute Gasteiger partial charge is 0.0450 e. The SMILES string of the molecule is CC(C(N)c1ccccc1)N1CCCC2CCCCC21. The first-order valence-corrected chi connectivity index (χ1v) is 8.33. The Morgan fingerprint density at radius 3 is 2.55 bits per heavy atom. The molecule has 110 valence electrons. The number of benzene rings is 1. The maximum absolute atomic E-state index is 6.55. The van der Waals surface area contributed by atoms with E-state index in [4.69, 9.17) is 5.73 Å². The molecule has 0 radical (unpaired) electrons. The highest BCUT2D eigenvalue weighted by Gasteiger charge is 2.36. The van der Waals surface area contributed by atoms with E-state index >= 15 is 0 Å². The molecular weight excluding hydrogens is 244 g/mol. The maximum Gasteiger partial charge on any atom is 0.0450 e. The molecule has 1 saturated carbocycles. The summed E-state index contributed by atoms with van der Waals surface area (Å²) < 4.78 is 0. The largest absolute Gasteiger partial charge is 0.323 e. The minimum absolute atomic E-state index is 0.136. The normalized spacial score (nSPS) is 30.5. The number of rotatable bonds is 3. The Bertz CT molecular complexity index is 415. The van der Waals surface area contributed by atoms with Gasteiger partial charge in [-0.1, -0.05) is 43.2 Å². The van der Waals surface area contributed by atoms with Gasteiger partial charge in [-0.15, -0.1) is 0 Å². The molecule has 0 spiro atoms. The summed E-state index contributed by atoms with van der Waals surface area (Å²) in [6, 6.07) is 12.0. The van der Waals surface area contributed by atoms with E-state index in [1.165, 1.54) is 50.6 Å². The third kappa shape index (κ3) is 2.77. The topological polar surface area (TPSA) is 29.3 Å². The average Bonchev–Trinajstić information content (AvgIpc) is 2.54. The third-order valence-corrected chi connectivity index (χ3v) is 5.51. The number of hydrogen-bond donors (Lipinski definition) is 1. The van der Waals surface area contributed by atoms with Crippen LogP contribution in [0.5, 0.6) is 0 Å². The summed E-state index contributed by atoms with van der Waals surface area (Å²) in [5.41, 5.74) is 7.83. The average molecular weight is 272 g/mol. The molecule has 20 heavy (non-hydrogen) atoms. The lowest BCUT2D eigenvalue weighted by Crippen LogP contribution is -2.53.